The van der Waals surface area contributed by atoms with Crippen molar-refractivity contribution in [2.24, 2.45) is 0 Å². The molecule has 1 aliphatic rings. The summed E-state index contributed by atoms with van der Waals surface area (Å²) in [6, 6.07) is 19.3. The van der Waals surface area contributed by atoms with E-state index in [2.05, 4.69) is 28.4 Å². The lowest BCUT2D eigenvalue weighted by molar-refractivity contribution is 0.0908. The number of amides is 1. The number of aromatic hydroxyl groups is 1. The standard InChI is InChI=1S/C24H26N2O3/c1-29-23-4-2-3-19(15-23)24(28)25-21-9-11-26(12-10-21)16-17-5-6-18-7-8-22(27)14-20(18)13-17/h2-8,13-15,21,27H,9-12,16H2,1H3,(H,25,28). The van der Waals surface area contributed by atoms with Gasteiger partial charge in [-0.25, -0.2) is 0 Å². The van der Waals surface area contributed by atoms with Crippen LogP contribution in [0, 0.1) is 0 Å². The molecule has 0 aromatic heterocycles. The molecular weight excluding hydrogens is 364 g/mol. The van der Waals surface area contributed by atoms with Crippen molar-refractivity contribution in [1.29, 1.82) is 0 Å². The van der Waals surface area contributed by atoms with Crippen molar-refractivity contribution in [2.75, 3.05) is 20.2 Å². The van der Waals surface area contributed by atoms with Gasteiger partial charge in [0.2, 0.25) is 0 Å². The third-order valence-electron chi connectivity index (χ3n) is 5.55. The molecule has 1 saturated heterocycles. The zero-order valence-corrected chi connectivity index (χ0v) is 16.6. The Morgan fingerprint density at radius 1 is 1.07 bits per heavy atom. The number of hydrogen-bond donors (Lipinski definition) is 2. The summed E-state index contributed by atoms with van der Waals surface area (Å²) in [4.78, 5) is 14.9. The van der Waals surface area contributed by atoms with Gasteiger partial charge in [0.25, 0.3) is 5.91 Å². The van der Waals surface area contributed by atoms with Gasteiger partial charge in [-0.05, 0) is 65.6 Å². The van der Waals surface area contributed by atoms with Crippen LogP contribution in [0.4, 0.5) is 0 Å². The van der Waals surface area contributed by atoms with E-state index < -0.39 is 0 Å². The van der Waals surface area contributed by atoms with E-state index in [1.807, 2.05) is 24.3 Å². The van der Waals surface area contributed by atoms with Crippen molar-refractivity contribution in [3.8, 4) is 11.5 Å². The number of hydrogen-bond acceptors (Lipinski definition) is 4. The molecular formula is C24H26N2O3. The van der Waals surface area contributed by atoms with Gasteiger partial charge in [0, 0.05) is 31.2 Å². The number of fused-ring (bicyclic) bond motifs is 1. The summed E-state index contributed by atoms with van der Waals surface area (Å²) < 4.78 is 5.20. The lowest BCUT2D eigenvalue weighted by Gasteiger charge is -2.32. The highest BCUT2D eigenvalue weighted by Gasteiger charge is 2.21. The zero-order valence-electron chi connectivity index (χ0n) is 16.6. The first-order valence-electron chi connectivity index (χ1n) is 9.99. The van der Waals surface area contributed by atoms with Gasteiger partial charge in [0.15, 0.2) is 0 Å². The van der Waals surface area contributed by atoms with E-state index in [0.717, 1.165) is 43.2 Å². The number of rotatable bonds is 5. The SMILES string of the molecule is COc1cccc(C(=O)NC2CCN(Cc3ccc4ccc(O)cc4c3)CC2)c1. The average Bonchev–Trinajstić information content (AvgIpc) is 2.75. The summed E-state index contributed by atoms with van der Waals surface area (Å²) in [6.45, 7) is 2.77. The fourth-order valence-corrected chi connectivity index (χ4v) is 3.91. The number of nitrogens with zero attached hydrogens (tertiary/aromatic N) is 1. The summed E-state index contributed by atoms with van der Waals surface area (Å²) in [7, 11) is 1.60. The number of nitrogens with one attached hydrogen (secondary N) is 1. The third kappa shape index (κ3) is 4.69. The molecule has 0 atom stereocenters. The van der Waals surface area contributed by atoms with Gasteiger partial charge in [-0.15, -0.1) is 0 Å². The number of likely N-dealkylation sites (tertiary alicyclic amines) is 1. The molecule has 0 radical (unpaired) electrons. The minimum atomic E-state index is -0.0447. The fraction of sp³-hybridized carbons (Fsp3) is 0.292. The topological polar surface area (TPSA) is 61.8 Å². The average molecular weight is 390 g/mol. The molecule has 0 aliphatic carbocycles. The van der Waals surface area contributed by atoms with Crippen molar-refractivity contribution >= 4 is 16.7 Å². The minimum absolute atomic E-state index is 0.0447. The molecule has 2 N–H and O–H groups in total. The van der Waals surface area contributed by atoms with E-state index in [4.69, 9.17) is 4.74 Å². The van der Waals surface area contributed by atoms with Crippen molar-refractivity contribution in [3.05, 3.63) is 71.8 Å². The monoisotopic (exact) mass is 390 g/mol. The molecule has 0 saturated carbocycles. The first-order valence-corrected chi connectivity index (χ1v) is 9.99. The normalized spacial score (nSPS) is 15.3. The van der Waals surface area contributed by atoms with Crippen LogP contribution < -0.4 is 10.1 Å². The Kier molecular flexibility index (Phi) is 5.67. The van der Waals surface area contributed by atoms with E-state index in [-0.39, 0.29) is 11.9 Å². The quantitative estimate of drug-likeness (QED) is 0.693. The lowest BCUT2D eigenvalue weighted by atomic mass is 10.0. The number of phenols is 1. The Morgan fingerprint density at radius 2 is 1.86 bits per heavy atom. The third-order valence-corrected chi connectivity index (χ3v) is 5.55. The maximum Gasteiger partial charge on any atom is 0.251 e. The van der Waals surface area contributed by atoms with Crippen LogP contribution in [0.3, 0.4) is 0 Å². The molecule has 1 fully saturated rings. The Morgan fingerprint density at radius 3 is 2.66 bits per heavy atom. The highest BCUT2D eigenvalue weighted by molar-refractivity contribution is 5.94. The van der Waals surface area contributed by atoms with Gasteiger partial charge in [-0.1, -0.05) is 24.3 Å². The molecule has 5 heteroatoms. The molecule has 4 rings (SSSR count). The molecule has 150 valence electrons. The van der Waals surface area contributed by atoms with Crippen LogP contribution in [0.5, 0.6) is 11.5 Å². The van der Waals surface area contributed by atoms with Crippen LogP contribution in [0.2, 0.25) is 0 Å². The Bertz CT molecular complexity index is 1010. The second-order valence-corrected chi connectivity index (χ2v) is 7.62. The summed E-state index contributed by atoms with van der Waals surface area (Å²) in [5.41, 5.74) is 1.87. The number of phenolic OH excluding ortho intramolecular Hbond substituents is 1. The Hall–Kier alpha value is -3.05. The lowest BCUT2D eigenvalue weighted by Crippen LogP contribution is -2.44. The first kappa shape index (κ1) is 19.3. The summed E-state index contributed by atoms with van der Waals surface area (Å²) in [5.74, 6) is 0.940. The molecule has 1 amide bonds. The number of carbonyl (C=O) groups is 1. The van der Waals surface area contributed by atoms with E-state index in [9.17, 15) is 9.90 Å². The maximum absolute atomic E-state index is 12.5. The van der Waals surface area contributed by atoms with Gasteiger partial charge < -0.3 is 15.2 Å². The number of piperidine rings is 1. The van der Waals surface area contributed by atoms with Crippen molar-refractivity contribution in [3.63, 3.8) is 0 Å². The van der Waals surface area contributed by atoms with E-state index >= 15 is 0 Å². The van der Waals surface area contributed by atoms with Gasteiger partial charge in [-0.2, -0.15) is 0 Å². The molecule has 0 spiro atoms. The maximum atomic E-state index is 12.5. The van der Waals surface area contributed by atoms with Crippen LogP contribution >= 0.6 is 0 Å². The predicted octanol–water partition coefficient (Wildman–Crippen LogP) is 3.95. The van der Waals surface area contributed by atoms with E-state index in [1.54, 1.807) is 25.3 Å². The molecule has 0 bridgehead atoms. The van der Waals surface area contributed by atoms with Crippen molar-refractivity contribution < 1.29 is 14.6 Å². The van der Waals surface area contributed by atoms with Crippen LogP contribution in [0.15, 0.2) is 60.7 Å². The molecule has 0 unspecified atom stereocenters. The second-order valence-electron chi connectivity index (χ2n) is 7.62. The van der Waals surface area contributed by atoms with Crippen molar-refractivity contribution in [1.82, 2.24) is 10.2 Å². The highest BCUT2D eigenvalue weighted by atomic mass is 16.5. The number of ether oxygens (including phenoxy) is 1. The Balaban J connectivity index is 1.32. The predicted molar refractivity (Wildman–Crippen MR) is 114 cm³/mol. The zero-order chi connectivity index (χ0) is 20.2. The molecule has 1 aliphatic heterocycles. The van der Waals surface area contributed by atoms with Crippen LogP contribution in [-0.4, -0.2) is 42.2 Å². The smallest absolute Gasteiger partial charge is 0.251 e. The van der Waals surface area contributed by atoms with Gasteiger partial charge in [0.1, 0.15) is 11.5 Å². The molecule has 1 heterocycles. The Labute approximate surface area is 170 Å². The summed E-state index contributed by atoms with van der Waals surface area (Å²) in [5, 5.41) is 15.0. The highest BCUT2D eigenvalue weighted by Crippen LogP contribution is 2.23. The number of benzene rings is 3. The number of methoxy groups -OCH3 is 1. The van der Waals surface area contributed by atoms with E-state index in [0.29, 0.717) is 17.1 Å². The van der Waals surface area contributed by atoms with E-state index in [1.165, 1.54) is 5.56 Å². The molecule has 3 aromatic carbocycles. The summed E-state index contributed by atoms with van der Waals surface area (Å²) in [6.07, 6.45) is 1.87. The van der Waals surface area contributed by atoms with Crippen molar-refractivity contribution in [2.45, 2.75) is 25.4 Å². The molecule has 29 heavy (non-hydrogen) atoms. The van der Waals surface area contributed by atoms with Gasteiger partial charge >= 0.3 is 0 Å². The van der Waals surface area contributed by atoms with Gasteiger partial charge in [-0.3, -0.25) is 9.69 Å². The van der Waals surface area contributed by atoms with Crippen LogP contribution in [-0.2, 0) is 6.54 Å². The largest absolute Gasteiger partial charge is 0.508 e. The summed E-state index contributed by atoms with van der Waals surface area (Å²) >= 11 is 0. The fourth-order valence-electron chi connectivity index (χ4n) is 3.91. The van der Waals surface area contributed by atoms with Crippen LogP contribution in [0.1, 0.15) is 28.8 Å². The number of carbonyl (C=O) groups excluding carboxylic acids is 1. The van der Waals surface area contributed by atoms with Crippen LogP contribution in [0.25, 0.3) is 10.8 Å². The minimum Gasteiger partial charge on any atom is -0.508 e. The molecule has 3 aromatic rings. The van der Waals surface area contributed by atoms with Gasteiger partial charge in [0.05, 0.1) is 7.11 Å². The molecule has 5 nitrogen and oxygen atoms in total. The second kappa shape index (κ2) is 8.53. The first-order chi connectivity index (χ1) is 14.1.